The van der Waals surface area contributed by atoms with Crippen LogP contribution < -0.4 is 0 Å². The Kier molecular flexibility index (Phi) is 41.8. The summed E-state index contributed by atoms with van der Waals surface area (Å²) < 4.78 is 42.4. The number of ether oxygens (including phenoxy) is 7. The summed E-state index contributed by atoms with van der Waals surface area (Å²) in [5, 5.41) is 0. The van der Waals surface area contributed by atoms with Crippen molar-refractivity contribution in [2.24, 2.45) is 0 Å². The first-order valence-corrected chi connectivity index (χ1v) is 27.3. The van der Waals surface area contributed by atoms with E-state index in [1.807, 2.05) is 0 Å². The van der Waals surface area contributed by atoms with Crippen LogP contribution in [0.15, 0.2) is 0 Å². The number of piperidine rings is 1. The van der Waals surface area contributed by atoms with Crippen LogP contribution in [0.1, 0.15) is 234 Å². The van der Waals surface area contributed by atoms with Crippen molar-refractivity contribution in [3.05, 3.63) is 0 Å². The zero-order valence-electron chi connectivity index (χ0n) is 43.1. The molecule has 0 radical (unpaired) electrons. The molecule has 0 aromatic rings. The largest absolute Gasteiger partial charge is 0.460 e. The summed E-state index contributed by atoms with van der Waals surface area (Å²) >= 11 is 0. The number of carbonyl (C=O) groups excluding carboxylic acids is 3. The maximum absolute atomic E-state index is 13.4. The SMILES string of the molecule is CCCCCCCCOC(CCC(=O)O[C@@H]1C[C@@H](OC(=O)CCC(OCCCCCCCC)OCCCCCCCC)CN(C(=O)OCCCN(CC)CC)C1)OCCCCCCCC. The van der Waals surface area contributed by atoms with E-state index >= 15 is 0 Å². The van der Waals surface area contributed by atoms with Gasteiger partial charge in [-0.2, -0.15) is 0 Å². The van der Waals surface area contributed by atoms with Gasteiger partial charge < -0.3 is 43.0 Å². The van der Waals surface area contributed by atoms with E-state index in [1.54, 1.807) is 0 Å². The van der Waals surface area contributed by atoms with E-state index in [0.29, 0.717) is 52.1 Å². The van der Waals surface area contributed by atoms with Gasteiger partial charge in [0.25, 0.3) is 0 Å². The highest BCUT2D eigenvalue weighted by atomic mass is 16.7. The second-order valence-electron chi connectivity index (χ2n) is 18.3. The summed E-state index contributed by atoms with van der Waals surface area (Å²) in [4.78, 5) is 44.1. The molecule has 384 valence electrons. The Balaban J connectivity index is 2.90. The van der Waals surface area contributed by atoms with Crippen LogP contribution in [0.5, 0.6) is 0 Å². The monoisotopic (exact) mass is 927 g/mol. The molecular weight excluding hydrogens is 825 g/mol. The third kappa shape index (κ3) is 35.8. The molecule has 1 rings (SSSR count). The Morgan fingerprint density at radius 2 is 0.800 bits per heavy atom. The lowest BCUT2D eigenvalue weighted by atomic mass is 10.1. The number of esters is 2. The topological polar surface area (TPSA) is 122 Å². The molecule has 1 aliphatic heterocycles. The summed E-state index contributed by atoms with van der Waals surface area (Å²) in [5.74, 6) is -0.780. The molecule has 0 N–H and O–H groups in total. The van der Waals surface area contributed by atoms with Crippen molar-refractivity contribution < 1.29 is 47.5 Å². The van der Waals surface area contributed by atoms with Crippen molar-refractivity contribution in [1.82, 2.24) is 9.80 Å². The van der Waals surface area contributed by atoms with E-state index in [1.165, 1.54) is 108 Å². The lowest BCUT2D eigenvalue weighted by Gasteiger charge is -2.36. The van der Waals surface area contributed by atoms with Crippen LogP contribution in [0.3, 0.4) is 0 Å². The van der Waals surface area contributed by atoms with E-state index in [9.17, 15) is 14.4 Å². The minimum absolute atomic E-state index is 0.118. The normalized spacial score (nSPS) is 15.4. The molecule has 1 fully saturated rings. The van der Waals surface area contributed by atoms with E-state index in [2.05, 4.69) is 46.4 Å². The fourth-order valence-corrected chi connectivity index (χ4v) is 8.19. The zero-order chi connectivity index (χ0) is 47.4. The predicted octanol–water partition coefficient (Wildman–Crippen LogP) is 13.1. The minimum atomic E-state index is -0.655. The van der Waals surface area contributed by atoms with Crippen LogP contribution in [0, 0.1) is 0 Å². The number of unbranched alkanes of at least 4 members (excludes halogenated alkanes) is 20. The summed E-state index contributed by atoms with van der Waals surface area (Å²) in [6.07, 6.45) is 27.3. The number of amides is 1. The average Bonchev–Trinajstić information content (AvgIpc) is 3.30. The molecule has 2 atom stereocenters. The van der Waals surface area contributed by atoms with Gasteiger partial charge in [-0.1, -0.05) is 170 Å². The highest BCUT2D eigenvalue weighted by Crippen LogP contribution is 2.21. The fourth-order valence-electron chi connectivity index (χ4n) is 8.19. The van der Waals surface area contributed by atoms with Gasteiger partial charge in [-0.25, -0.2) is 4.79 Å². The molecule has 0 unspecified atom stereocenters. The summed E-state index contributed by atoms with van der Waals surface area (Å²) in [6, 6.07) is 0. The first-order chi connectivity index (χ1) is 31.8. The third-order valence-electron chi connectivity index (χ3n) is 12.3. The number of likely N-dealkylation sites (tertiary alicyclic amines) is 1. The van der Waals surface area contributed by atoms with Gasteiger partial charge in [-0.05, 0) is 45.2 Å². The second-order valence-corrected chi connectivity index (χ2v) is 18.3. The average molecular weight is 927 g/mol. The van der Waals surface area contributed by atoms with E-state index in [0.717, 1.165) is 71.0 Å². The van der Waals surface area contributed by atoms with Crippen molar-refractivity contribution in [3.63, 3.8) is 0 Å². The van der Waals surface area contributed by atoms with Gasteiger partial charge in [0.15, 0.2) is 12.6 Å². The van der Waals surface area contributed by atoms with E-state index in [4.69, 9.17) is 33.2 Å². The second kappa shape index (κ2) is 44.5. The number of hydrogen-bond donors (Lipinski definition) is 0. The maximum Gasteiger partial charge on any atom is 0.410 e. The quantitative estimate of drug-likeness (QED) is 0.0251. The van der Waals surface area contributed by atoms with E-state index < -0.39 is 42.8 Å². The highest BCUT2D eigenvalue weighted by Gasteiger charge is 2.35. The number of nitrogens with zero attached hydrogens (tertiary/aromatic N) is 2. The molecule has 0 spiro atoms. The molecule has 0 aromatic heterocycles. The minimum Gasteiger partial charge on any atom is -0.460 e. The Hall–Kier alpha value is -1.99. The molecule has 12 heteroatoms. The first kappa shape index (κ1) is 61.0. The smallest absolute Gasteiger partial charge is 0.410 e. The van der Waals surface area contributed by atoms with Gasteiger partial charge in [-0.15, -0.1) is 0 Å². The number of carbonyl (C=O) groups is 3. The molecule has 65 heavy (non-hydrogen) atoms. The molecule has 1 aliphatic rings. The molecule has 0 saturated carbocycles. The van der Waals surface area contributed by atoms with Gasteiger partial charge >= 0.3 is 18.0 Å². The Morgan fingerprint density at radius 1 is 0.462 bits per heavy atom. The van der Waals surface area contributed by atoms with Crippen molar-refractivity contribution in [2.75, 3.05) is 65.8 Å². The van der Waals surface area contributed by atoms with Gasteiger partial charge in [0.1, 0.15) is 12.2 Å². The molecule has 0 aromatic carbocycles. The van der Waals surface area contributed by atoms with Gasteiger partial charge in [0.05, 0.1) is 32.5 Å². The van der Waals surface area contributed by atoms with Gasteiger partial charge in [0.2, 0.25) is 0 Å². The van der Waals surface area contributed by atoms with Crippen molar-refractivity contribution in [2.45, 2.75) is 259 Å². The predicted molar refractivity (Wildman–Crippen MR) is 263 cm³/mol. The van der Waals surface area contributed by atoms with Crippen LogP contribution in [0.2, 0.25) is 0 Å². The van der Waals surface area contributed by atoms with Crippen LogP contribution in [0.25, 0.3) is 0 Å². The Bertz CT molecular complexity index is 993. The van der Waals surface area contributed by atoms with Crippen LogP contribution in [-0.2, 0) is 42.7 Å². The molecule has 1 amide bonds. The van der Waals surface area contributed by atoms with Crippen LogP contribution in [-0.4, -0.2) is 118 Å². The molecule has 1 heterocycles. The molecule has 0 bridgehead atoms. The van der Waals surface area contributed by atoms with Crippen LogP contribution in [0.4, 0.5) is 4.79 Å². The molecule has 1 saturated heterocycles. The Labute approximate surface area is 399 Å². The standard InChI is InChI=1S/C53H102N2O10/c1-7-13-17-21-25-29-39-59-51(60-40-30-26-22-18-14-8-2)36-34-49(56)64-47-44-48(46-55(45-47)53(58)63-43-33-38-54(11-5)12-6)65-50(57)35-37-52(61-41-31-27-23-19-15-9-3)62-42-32-28-24-20-16-10-4/h47-48,51-52H,7-46H2,1-6H3/t47-,48-/m1/s1. The Morgan fingerprint density at radius 3 is 1.14 bits per heavy atom. The molecule has 12 nitrogen and oxygen atoms in total. The molecular formula is C53H102N2O10. The molecule has 0 aliphatic carbocycles. The lowest BCUT2D eigenvalue weighted by molar-refractivity contribution is -0.170. The van der Waals surface area contributed by atoms with Gasteiger partial charge in [-0.3, -0.25) is 9.59 Å². The zero-order valence-corrected chi connectivity index (χ0v) is 43.1. The summed E-state index contributed by atoms with van der Waals surface area (Å²) in [6.45, 7) is 18.8. The fraction of sp³-hybridized carbons (Fsp3) is 0.943. The number of rotatable bonds is 46. The summed E-state index contributed by atoms with van der Waals surface area (Å²) in [5.41, 5.74) is 0. The van der Waals surface area contributed by atoms with Crippen LogP contribution >= 0.6 is 0 Å². The van der Waals surface area contributed by atoms with E-state index in [-0.39, 0.29) is 32.5 Å². The number of hydrogen-bond acceptors (Lipinski definition) is 11. The third-order valence-corrected chi connectivity index (χ3v) is 12.3. The van der Waals surface area contributed by atoms with Crippen molar-refractivity contribution in [1.29, 1.82) is 0 Å². The summed E-state index contributed by atoms with van der Waals surface area (Å²) in [7, 11) is 0. The van der Waals surface area contributed by atoms with Crippen molar-refractivity contribution in [3.8, 4) is 0 Å². The maximum atomic E-state index is 13.4. The first-order valence-electron chi connectivity index (χ1n) is 27.3. The lowest BCUT2D eigenvalue weighted by Crippen LogP contribution is -2.51. The van der Waals surface area contributed by atoms with Crippen molar-refractivity contribution >= 4 is 18.0 Å². The highest BCUT2D eigenvalue weighted by molar-refractivity contribution is 5.71. The van der Waals surface area contributed by atoms with Gasteiger partial charge in [0, 0.05) is 52.2 Å².